The van der Waals surface area contributed by atoms with Gasteiger partial charge in [-0.2, -0.15) is 0 Å². The lowest BCUT2D eigenvalue weighted by Gasteiger charge is -2.01. The highest BCUT2D eigenvalue weighted by Crippen LogP contribution is 2.20. The molecule has 0 N–H and O–H groups in total. The van der Waals surface area contributed by atoms with Crippen LogP contribution < -0.4 is 10.7 Å². The summed E-state index contributed by atoms with van der Waals surface area (Å²) >= 11 is 5.05. The smallest absolute Gasteiger partial charge is 0.217 e. The SMILES string of the molecule is S=C1N=c2ccc3cc4ccccc4cc3c2=N1. The summed E-state index contributed by atoms with van der Waals surface area (Å²) in [6, 6.07) is 16.7. The van der Waals surface area contributed by atoms with E-state index in [1.54, 1.807) is 0 Å². The quantitative estimate of drug-likeness (QED) is 0.443. The van der Waals surface area contributed by atoms with E-state index in [4.69, 9.17) is 12.2 Å². The first kappa shape index (κ1) is 9.85. The Balaban J connectivity index is 2.29. The Morgan fingerprint density at radius 3 is 2.39 bits per heavy atom. The van der Waals surface area contributed by atoms with Gasteiger partial charge in [0.15, 0.2) is 0 Å². The summed E-state index contributed by atoms with van der Waals surface area (Å²) in [5, 5.41) is 6.96. The van der Waals surface area contributed by atoms with Gasteiger partial charge in [-0.1, -0.05) is 30.3 Å². The van der Waals surface area contributed by atoms with Crippen molar-refractivity contribution >= 4 is 38.9 Å². The molecule has 0 saturated heterocycles. The van der Waals surface area contributed by atoms with Crippen molar-refractivity contribution in [2.45, 2.75) is 0 Å². The third-order valence-corrected chi connectivity index (χ3v) is 3.44. The normalized spacial score (nSPS) is 13.4. The lowest BCUT2D eigenvalue weighted by Crippen LogP contribution is -2.21. The Hall–Kier alpha value is -2.13. The van der Waals surface area contributed by atoms with E-state index in [1.165, 1.54) is 16.2 Å². The van der Waals surface area contributed by atoms with Crippen LogP contribution in [0.4, 0.5) is 0 Å². The molecule has 0 amide bonds. The minimum absolute atomic E-state index is 0.422. The maximum absolute atomic E-state index is 5.05. The molecule has 1 aliphatic heterocycles. The molecule has 0 aromatic heterocycles. The van der Waals surface area contributed by atoms with Gasteiger partial charge in [-0.05, 0) is 46.6 Å². The minimum atomic E-state index is 0.422. The zero-order valence-electron chi connectivity index (χ0n) is 9.42. The molecule has 3 aromatic carbocycles. The summed E-state index contributed by atoms with van der Waals surface area (Å²) in [4.78, 5) is 8.60. The van der Waals surface area contributed by atoms with E-state index >= 15 is 0 Å². The van der Waals surface area contributed by atoms with E-state index in [9.17, 15) is 0 Å². The second-order valence-corrected chi connectivity index (χ2v) is 4.73. The molecule has 18 heavy (non-hydrogen) atoms. The molecule has 0 saturated carbocycles. The fourth-order valence-corrected chi connectivity index (χ4v) is 2.61. The Kier molecular flexibility index (Phi) is 1.88. The molecule has 0 bridgehead atoms. The van der Waals surface area contributed by atoms with Gasteiger partial charge in [0.1, 0.15) is 0 Å². The molecular weight excluding hydrogens is 240 g/mol. The summed E-state index contributed by atoms with van der Waals surface area (Å²) in [5.74, 6) is 0. The van der Waals surface area contributed by atoms with Crippen molar-refractivity contribution in [2.24, 2.45) is 9.98 Å². The monoisotopic (exact) mass is 248 g/mol. The summed E-state index contributed by atoms with van der Waals surface area (Å²) in [6.07, 6.45) is 0. The van der Waals surface area contributed by atoms with Crippen LogP contribution in [0.1, 0.15) is 0 Å². The second kappa shape index (κ2) is 3.43. The fraction of sp³-hybridized carbons (Fsp3) is 0. The van der Waals surface area contributed by atoms with Crippen LogP contribution >= 0.6 is 12.2 Å². The van der Waals surface area contributed by atoms with E-state index in [0.717, 1.165) is 16.1 Å². The lowest BCUT2D eigenvalue weighted by atomic mass is 10.0. The molecular formula is C15H8N2S. The van der Waals surface area contributed by atoms with E-state index in [-0.39, 0.29) is 0 Å². The molecule has 0 unspecified atom stereocenters. The number of hydrogen-bond donors (Lipinski definition) is 0. The third kappa shape index (κ3) is 1.31. The first-order chi connectivity index (χ1) is 8.81. The molecule has 0 radical (unpaired) electrons. The molecule has 0 atom stereocenters. The van der Waals surface area contributed by atoms with Crippen LogP contribution in [-0.4, -0.2) is 5.11 Å². The van der Waals surface area contributed by atoms with Crippen molar-refractivity contribution in [2.75, 3.05) is 0 Å². The summed E-state index contributed by atoms with van der Waals surface area (Å²) in [7, 11) is 0. The minimum Gasteiger partial charge on any atom is -0.217 e. The maximum atomic E-state index is 5.05. The van der Waals surface area contributed by atoms with Gasteiger partial charge in [0.05, 0.1) is 10.7 Å². The van der Waals surface area contributed by atoms with E-state index in [2.05, 4.69) is 46.4 Å². The zero-order valence-corrected chi connectivity index (χ0v) is 10.2. The summed E-state index contributed by atoms with van der Waals surface area (Å²) in [6.45, 7) is 0. The van der Waals surface area contributed by atoms with Crippen molar-refractivity contribution in [1.29, 1.82) is 0 Å². The molecule has 1 aliphatic rings. The van der Waals surface area contributed by atoms with Crippen molar-refractivity contribution in [3.63, 3.8) is 0 Å². The lowest BCUT2D eigenvalue weighted by molar-refractivity contribution is 1.42. The van der Waals surface area contributed by atoms with E-state index < -0.39 is 0 Å². The standard InChI is InChI=1S/C15H8N2S/c18-15-16-13-6-5-11-7-9-3-1-2-4-10(9)8-12(11)14(13)17-15/h1-8H. The van der Waals surface area contributed by atoms with Gasteiger partial charge in [0.2, 0.25) is 5.11 Å². The van der Waals surface area contributed by atoms with Gasteiger partial charge in [-0.15, -0.1) is 0 Å². The average molecular weight is 248 g/mol. The van der Waals surface area contributed by atoms with Crippen LogP contribution in [0, 0.1) is 0 Å². The number of benzene rings is 3. The highest BCUT2D eigenvalue weighted by Gasteiger charge is 2.06. The van der Waals surface area contributed by atoms with Crippen LogP contribution in [-0.2, 0) is 0 Å². The second-order valence-electron chi connectivity index (χ2n) is 4.36. The Morgan fingerprint density at radius 2 is 1.56 bits per heavy atom. The number of thiocarbonyl (C=S) groups is 1. The van der Waals surface area contributed by atoms with Crippen LogP contribution in [0.15, 0.2) is 58.5 Å². The molecule has 0 aliphatic carbocycles. The molecule has 1 heterocycles. The predicted molar refractivity (Wildman–Crippen MR) is 76.4 cm³/mol. The van der Waals surface area contributed by atoms with Gasteiger partial charge in [0.25, 0.3) is 0 Å². The molecule has 3 heteroatoms. The summed E-state index contributed by atoms with van der Waals surface area (Å²) < 4.78 is 0. The van der Waals surface area contributed by atoms with E-state index in [0.29, 0.717) is 5.11 Å². The largest absolute Gasteiger partial charge is 0.220 e. The predicted octanol–water partition coefficient (Wildman–Crippen LogP) is 2.53. The number of hydrogen-bond acceptors (Lipinski definition) is 1. The first-order valence-corrected chi connectivity index (χ1v) is 6.15. The van der Waals surface area contributed by atoms with Gasteiger partial charge in [0, 0.05) is 5.39 Å². The molecule has 4 rings (SSSR count). The van der Waals surface area contributed by atoms with Gasteiger partial charge in [-0.25, -0.2) is 9.98 Å². The van der Waals surface area contributed by atoms with Crippen LogP contribution in [0.25, 0.3) is 21.5 Å². The molecule has 3 aromatic rings. The van der Waals surface area contributed by atoms with Crippen LogP contribution in [0.3, 0.4) is 0 Å². The zero-order chi connectivity index (χ0) is 12.1. The Bertz CT molecular complexity index is 942. The van der Waals surface area contributed by atoms with E-state index in [1.807, 2.05) is 12.1 Å². The van der Waals surface area contributed by atoms with Crippen molar-refractivity contribution in [3.8, 4) is 0 Å². The van der Waals surface area contributed by atoms with Crippen LogP contribution in [0.5, 0.6) is 0 Å². The Morgan fingerprint density at radius 1 is 0.778 bits per heavy atom. The third-order valence-electron chi connectivity index (χ3n) is 3.26. The van der Waals surface area contributed by atoms with Gasteiger partial charge >= 0.3 is 0 Å². The molecule has 2 nitrogen and oxygen atoms in total. The van der Waals surface area contributed by atoms with Crippen molar-refractivity contribution in [3.05, 3.63) is 59.2 Å². The van der Waals surface area contributed by atoms with Gasteiger partial charge < -0.3 is 0 Å². The number of nitrogens with zero attached hydrogens (tertiary/aromatic N) is 2. The topological polar surface area (TPSA) is 24.7 Å². The van der Waals surface area contributed by atoms with Gasteiger partial charge in [-0.3, -0.25) is 0 Å². The molecule has 0 fully saturated rings. The van der Waals surface area contributed by atoms with Crippen molar-refractivity contribution in [1.82, 2.24) is 0 Å². The number of fused-ring (bicyclic) bond motifs is 4. The molecule has 84 valence electrons. The maximum Gasteiger partial charge on any atom is 0.220 e. The summed E-state index contributed by atoms with van der Waals surface area (Å²) in [5.41, 5.74) is 0. The molecule has 0 spiro atoms. The fourth-order valence-electron chi connectivity index (χ4n) is 2.42. The first-order valence-electron chi connectivity index (χ1n) is 5.74. The average Bonchev–Trinajstić information content (AvgIpc) is 2.77. The highest BCUT2D eigenvalue weighted by atomic mass is 32.1. The van der Waals surface area contributed by atoms with Crippen LogP contribution in [0.2, 0.25) is 0 Å². The number of rotatable bonds is 0. The highest BCUT2D eigenvalue weighted by molar-refractivity contribution is 7.80. The Labute approximate surface area is 108 Å². The van der Waals surface area contributed by atoms with Crippen molar-refractivity contribution < 1.29 is 0 Å².